The van der Waals surface area contributed by atoms with Crippen molar-refractivity contribution < 1.29 is 10.3 Å². The smallest absolute Gasteiger partial charge is 0.186 e. The van der Waals surface area contributed by atoms with Gasteiger partial charge in [-0.1, -0.05) is 52.9 Å². The van der Waals surface area contributed by atoms with E-state index < -0.39 is 0 Å². The number of aromatic nitrogens is 1. The molecule has 0 amide bonds. The first-order chi connectivity index (χ1) is 13.3. The SMILES string of the molecule is CCCN(CCC)c1nc2cc(OCCC(C)CC(C)(C)C)c(N=[NH2+])cc2s1. The number of nitrogens with zero attached hydrogens (tertiary/aromatic N) is 3. The third-order valence-corrected chi connectivity index (χ3v) is 5.76. The second-order valence-electron chi connectivity index (χ2n) is 8.91. The molecule has 0 saturated heterocycles. The number of rotatable bonds is 11. The van der Waals surface area contributed by atoms with Crippen LogP contribution < -0.4 is 15.2 Å². The summed E-state index contributed by atoms with van der Waals surface area (Å²) in [6.07, 6.45) is 4.42. The molecule has 1 aromatic carbocycles. The van der Waals surface area contributed by atoms with Crippen molar-refractivity contribution >= 4 is 32.4 Å². The van der Waals surface area contributed by atoms with Crippen LogP contribution in [-0.2, 0) is 0 Å². The number of hydrogen-bond acceptors (Lipinski definition) is 5. The molecule has 0 aliphatic carbocycles. The summed E-state index contributed by atoms with van der Waals surface area (Å²) in [5, 5.41) is 5.01. The van der Waals surface area contributed by atoms with Gasteiger partial charge < -0.3 is 9.64 Å². The molecule has 6 heteroatoms. The fourth-order valence-corrected chi connectivity index (χ4v) is 4.68. The van der Waals surface area contributed by atoms with E-state index in [-0.39, 0.29) is 0 Å². The largest absolute Gasteiger partial charge is 0.491 e. The Bertz CT molecular complexity index is 760. The van der Waals surface area contributed by atoms with Crippen LogP contribution in [0.5, 0.6) is 5.75 Å². The maximum Gasteiger partial charge on any atom is 0.186 e. The van der Waals surface area contributed by atoms with Crippen molar-refractivity contribution in [2.75, 3.05) is 24.6 Å². The molecule has 0 fully saturated rings. The molecule has 0 aliphatic heterocycles. The summed E-state index contributed by atoms with van der Waals surface area (Å²) in [6.45, 7) is 16.3. The third kappa shape index (κ3) is 6.43. The predicted octanol–water partition coefficient (Wildman–Crippen LogP) is 5.61. The van der Waals surface area contributed by atoms with Gasteiger partial charge in [-0.15, -0.1) is 0 Å². The molecule has 1 heterocycles. The molecule has 0 spiro atoms. The minimum Gasteiger partial charge on any atom is -0.491 e. The Morgan fingerprint density at radius 2 is 1.89 bits per heavy atom. The molecule has 2 aromatic rings. The number of nitrogens with two attached hydrogens (primary N) is 1. The molecule has 1 aromatic heterocycles. The summed E-state index contributed by atoms with van der Waals surface area (Å²) in [6, 6.07) is 3.99. The Labute approximate surface area is 174 Å². The van der Waals surface area contributed by atoms with Gasteiger partial charge in [0.25, 0.3) is 0 Å². The minimum atomic E-state index is 0.343. The van der Waals surface area contributed by atoms with E-state index in [0.29, 0.717) is 23.6 Å². The molecular weight excluding hydrogens is 368 g/mol. The number of benzene rings is 1. The maximum absolute atomic E-state index is 6.06. The van der Waals surface area contributed by atoms with Crippen molar-refractivity contribution in [3.05, 3.63) is 12.1 Å². The van der Waals surface area contributed by atoms with Gasteiger partial charge in [0.2, 0.25) is 0 Å². The summed E-state index contributed by atoms with van der Waals surface area (Å²) < 4.78 is 7.17. The summed E-state index contributed by atoms with van der Waals surface area (Å²) in [7, 11) is 0. The number of thiazole rings is 1. The highest BCUT2D eigenvalue weighted by molar-refractivity contribution is 7.22. The van der Waals surface area contributed by atoms with E-state index in [1.807, 2.05) is 12.1 Å². The van der Waals surface area contributed by atoms with Gasteiger partial charge in [-0.3, -0.25) is 0 Å². The minimum absolute atomic E-state index is 0.343. The molecule has 0 bridgehead atoms. The molecule has 0 aliphatic rings. The van der Waals surface area contributed by atoms with Gasteiger partial charge in [0.15, 0.2) is 16.6 Å². The van der Waals surface area contributed by atoms with Gasteiger partial charge in [-0.2, -0.15) is 5.53 Å². The number of ether oxygens (including phenoxy) is 1. The lowest BCUT2D eigenvalue weighted by Gasteiger charge is -2.23. The number of anilines is 1. The molecule has 0 saturated carbocycles. The summed E-state index contributed by atoms with van der Waals surface area (Å²) in [4.78, 5) is 7.22. The topological polar surface area (TPSA) is 63.3 Å². The Morgan fingerprint density at radius 1 is 1.21 bits per heavy atom. The standard InChI is InChI=1S/C22H36N4OS/c1-7-10-26(11-8-2)21-24-18-13-19(17(25-23)14-20(18)28-21)27-12-9-16(3)15-22(4,5)6/h13-14,16,23H,7-12,15H2,1-6H3/p+1. The highest BCUT2D eigenvalue weighted by atomic mass is 32.1. The van der Waals surface area contributed by atoms with Crippen molar-refractivity contribution in [2.45, 2.75) is 67.2 Å². The molecule has 1 atom stereocenters. The molecule has 0 radical (unpaired) electrons. The molecule has 156 valence electrons. The van der Waals surface area contributed by atoms with Crippen LogP contribution in [0.25, 0.3) is 10.2 Å². The van der Waals surface area contributed by atoms with Crippen LogP contribution >= 0.6 is 11.3 Å². The Balaban J connectivity index is 2.14. The molecule has 28 heavy (non-hydrogen) atoms. The fourth-order valence-electron chi connectivity index (χ4n) is 3.64. The zero-order valence-corrected chi connectivity index (χ0v) is 19.2. The van der Waals surface area contributed by atoms with Crippen molar-refractivity contribution in [3.8, 4) is 5.75 Å². The van der Waals surface area contributed by atoms with Crippen LogP contribution in [0.15, 0.2) is 17.2 Å². The lowest BCUT2D eigenvalue weighted by atomic mass is 9.84. The van der Waals surface area contributed by atoms with Crippen LogP contribution in [0.2, 0.25) is 0 Å². The van der Waals surface area contributed by atoms with E-state index in [2.05, 4.69) is 51.6 Å². The number of hydrogen-bond donors (Lipinski definition) is 1. The quantitative estimate of drug-likeness (QED) is 0.494. The summed E-state index contributed by atoms with van der Waals surface area (Å²) in [5.41, 5.74) is 7.64. The van der Waals surface area contributed by atoms with Crippen molar-refractivity contribution in [1.82, 2.24) is 4.98 Å². The fraction of sp³-hybridized carbons (Fsp3) is 0.682. The van der Waals surface area contributed by atoms with E-state index >= 15 is 0 Å². The van der Waals surface area contributed by atoms with Gasteiger partial charge in [0.05, 0.1) is 16.8 Å². The van der Waals surface area contributed by atoms with Crippen LogP contribution in [-0.4, -0.2) is 24.7 Å². The van der Waals surface area contributed by atoms with Crippen LogP contribution in [0.1, 0.15) is 67.2 Å². The second-order valence-corrected chi connectivity index (χ2v) is 9.92. The zero-order chi connectivity index (χ0) is 20.7. The zero-order valence-electron chi connectivity index (χ0n) is 18.4. The highest BCUT2D eigenvalue weighted by Crippen LogP contribution is 2.37. The van der Waals surface area contributed by atoms with Gasteiger partial charge >= 0.3 is 0 Å². The predicted molar refractivity (Wildman–Crippen MR) is 120 cm³/mol. The Morgan fingerprint density at radius 3 is 2.46 bits per heavy atom. The monoisotopic (exact) mass is 405 g/mol. The molecule has 2 N–H and O–H groups in total. The lowest BCUT2D eigenvalue weighted by molar-refractivity contribution is -0.210. The first kappa shape index (κ1) is 22.6. The first-order valence-electron chi connectivity index (χ1n) is 10.5. The average molecular weight is 406 g/mol. The summed E-state index contributed by atoms with van der Waals surface area (Å²) >= 11 is 1.70. The maximum atomic E-state index is 6.06. The van der Waals surface area contributed by atoms with Crippen molar-refractivity contribution in [2.24, 2.45) is 16.4 Å². The summed E-state index contributed by atoms with van der Waals surface area (Å²) in [5.74, 6) is 1.34. The Hall–Kier alpha value is -1.69. The van der Waals surface area contributed by atoms with Gasteiger partial charge in [-0.25, -0.2) is 4.98 Å². The third-order valence-electron chi connectivity index (χ3n) is 4.68. The first-order valence-corrected chi connectivity index (χ1v) is 11.3. The molecule has 1 unspecified atom stereocenters. The van der Waals surface area contributed by atoms with E-state index in [1.165, 1.54) is 6.42 Å². The normalized spacial score (nSPS) is 12.9. The van der Waals surface area contributed by atoms with E-state index in [4.69, 9.17) is 15.3 Å². The van der Waals surface area contributed by atoms with Gasteiger partial charge in [0.1, 0.15) is 0 Å². The molecule has 2 rings (SSSR count). The molecular formula is C22H37N4OS+. The van der Waals surface area contributed by atoms with Crippen LogP contribution in [0.3, 0.4) is 0 Å². The van der Waals surface area contributed by atoms with Gasteiger partial charge in [0, 0.05) is 19.2 Å². The Kier molecular flexibility index (Phi) is 8.23. The molecule has 5 nitrogen and oxygen atoms in total. The van der Waals surface area contributed by atoms with Crippen molar-refractivity contribution in [1.29, 1.82) is 0 Å². The average Bonchev–Trinajstić information content (AvgIpc) is 3.02. The van der Waals surface area contributed by atoms with E-state index in [1.54, 1.807) is 11.3 Å². The number of fused-ring (bicyclic) bond motifs is 1. The highest BCUT2D eigenvalue weighted by Gasteiger charge is 2.17. The van der Waals surface area contributed by atoms with E-state index in [9.17, 15) is 0 Å². The van der Waals surface area contributed by atoms with Crippen molar-refractivity contribution in [3.63, 3.8) is 0 Å². The van der Waals surface area contributed by atoms with Crippen LogP contribution in [0.4, 0.5) is 10.8 Å². The van der Waals surface area contributed by atoms with Crippen LogP contribution in [0, 0.1) is 11.3 Å². The van der Waals surface area contributed by atoms with E-state index in [0.717, 1.165) is 53.4 Å². The lowest BCUT2D eigenvalue weighted by Crippen LogP contribution is -2.24. The second kappa shape index (κ2) is 10.2. The van der Waals surface area contributed by atoms with Gasteiger partial charge in [-0.05, 0) is 48.2 Å².